The summed E-state index contributed by atoms with van der Waals surface area (Å²) in [5.41, 5.74) is 0.204. The molecule has 1 N–H and O–H groups in total. The summed E-state index contributed by atoms with van der Waals surface area (Å²) < 4.78 is 6.28. The summed E-state index contributed by atoms with van der Waals surface area (Å²) in [6.45, 7) is 1.81. The molecule has 2 aromatic heterocycles. The molecule has 22 heavy (non-hydrogen) atoms. The molecule has 2 rings (SSSR count). The van der Waals surface area contributed by atoms with Gasteiger partial charge in [0.15, 0.2) is 0 Å². The fourth-order valence-electron chi connectivity index (χ4n) is 1.80. The van der Waals surface area contributed by atoms with Crippen LogP contribution < -0.4 is 15.6 Å². The van der Waals surface area contributed by atoms with Crippen LogP contribution in [0.2, 0.25) is 0 Å². The molecule has 0 aliphatic carbocycles. The monoisotopic (exact) mass is 301 g/mol. The minimum Gasteiger partial charge on any atom is -0.425 e. The van der Waals surface area contributed by atoms with Crippen LogP contribution in [0.5, 0.6) is 5.75 Å². The Kier molecular flexibility index (Phi) is 5.02. The van der Waals surface area contributed by atoms with Crippen molar-refractivity contribution in [2.75, 3.05) is 6.54 Å². The lowest BCUT2D eigenvalue weighted by Crippen LogP contribution is -2.30. The van der Waals surface area contributed by atoms with Gasteiger partial charge in [-0.25, -0.2) is 0 Å². The fourth-order valence-corrected chi connectivity index (χ4v) is 1.80. The number of esters is 1. The Labute approximate surface area is 126 Å². The van der Waals surface area contributed by atoms with Gasteiger partial charge in [0.25, 0.3) is 11.5 Å². The van der Waals surface area contributed by atoms with Gasteiger partial charge in [-0.05, 0) is 18.2 Å². The van der Waals surface area contributed by atoms with Gasteiger partial charge in [-0.1, -0.05) is 0 Å². The lowest BCUT2D eigenvalue weighted by molar-refractivity contribution is -0.131. The SMILES string of the molecule is CC(=O)Oc1ccc(=O)n(CCNC(=O)c2cccnc2)c1. The molecule has 0 atom stereocenters. The van der Waals surface area contributed by atoms with Crippen LogP contribution in [-0.4, -0.2) is 28.0 Å². The molecule has 0 radical (unpaired) electrons. The molecule has 7 heteroatoms. The number of carbonyl (C=O) groups excluding carboxylic acids is 2. The summed E-state index contributed by atoms with van der Waals surface area (Å²) in [6, 6.07) is 6.05. The van der Waals surface area contributed by atoms with Crippen LogP contribution in [0.3, 0.4) is 0 Å². The lowest BCUT2D eigenvalue weighted by atomic mass is 10.3. The molecule has 0 aliphatic heterocycles. The zero-order valence-electron chi connectivity index (χ0n) is 12.0. The van der Waals surface area contributed by atoms with Crippen molar-refractivity contribution in [2.24, 2.45) is 0 Å². The Morgan fingerprint density at radius 1 is 1.32 bits per heavy atom. The second-order valence-electron chi connectivity index (χ2n) is 4.49. The number of pyridine rings is 2. The van der Waals surface area contributed by atoms with Crippen molar-refractivity contribution < 1.29 is 14.3 Å². The third-order valence-corrected chi connectivity index (χ3v) is 2.78. The first kappa shape index (κ1) is 15.4. The predicted octanol–water partition coefficient (Wildman–Crippen LogP) is 0.599. The van der Waals surface area contributed by atoms with E-state index in [0.29, 0.717) is 5.56 Å². The summed E-state index contributed by atoms with van der Waals surface area (Å²) in [5.74, 6) is -0.446. The number of amides is 1. The third kappa shape index (κ3) is 4.27. The molecule has 0 aliphatic rings. The van der Waals surface area contributed by atoms with Crippen molar-refractivity contribution in [1.82, 2.24) is 14.9 Å². The zero-order valence-corrected chi connectivity index (χ0v) is 12.0. The van der Waals surface area contributed by atoms with Gasteiger partial charge >= 0.3 is 5.97 Å². The highest BCUT2D eigenvalue weighted by Gasteiger charge is 2.05. The van der Waals surface area contributed by atoms with Crippen LogP contribution >= 0.6 is 0 Å². The largest absolute Gasteiger partial charge is 0.425 e. The van der Waals surface area contributed by atoms with E-state index < -0.39 is 5.97 Å². The quantitative estimate of drug-likeness (QED) is 0.817. The topological polar surface area (TPSA) is 90.3 Å². The van der Waals surface area contributed by atoms with Crippen LogP contribution in [0, 0.1) is 0 Å². The molecule has 0 aromatic carbocycles. The first-order chi connectivity index (χ1) is 10.6. The highest BCUT2D eigenvalue weighted by Crippen LogP contribution is 2.06. The summed E-state index contributed by atoms with van der Waals surface area (Å²) >= 11 is 0. The van der Waals surface area contributed by atoms with E-state index in [2.05, 4.69) is 10.3 Å². The molecule has 0 bridgehead atoms. The number of nitrogens with zero attached hydrogens (tertiary/aromatic N) is 2. The van der Waals surface area contributed by atoms with Crippen molar-refractivity contribution in [3.63, 3.8) is 0 Å². The number of hydrogen-bond acceptors (Lipinski definition) is 5. The van der Waals surface area contributed by atoms with E-state index in [-0.39, 0.29) is 30.3 Å². The predicted molar refractivity (Wildman–Crippen MR) is 78.6 cm³/mol. The second-order valence-corrected chi connectivity index (χ2v) is 4.49. The minimum atomic E-state index is -0.463. The lowest BCUT2D eigenvalue weighted by Gasteiger charge is -2.09. The van der Waals surface area contributed by atoms with E-state index in [1.165, 1.54) is 36.0 Å². The van der Waals surface area contributed by atoms with Crippen LogP contribution in [0.25, 0.3) is 0 Å². The smallest absolute Gasteiger partial charge is 0.308 e. The van der Waals surface area contributed by atoms with Crippen molar-refractivity contribution in [1.29, 1.82) is 0 Å². The Morgan fingerprint density at radius 3 is 2.82 bits per heavy atom. The number of ether oxygens (including phenoxy) is 1. The first-order valence-electron chi connectivity index (χ1n) is 6.63. The van der Waals surface area contributed by atoms with E-state index in [4.69, 9.17) is 4.74 Å². The molecule has 0 unspecified atom stereocenters. The van der Waals surface area contributed by atoms with E-state index in [9.17, 15) is 14.4 Å². The molecule has 0 spiro atoms. The van der Waals surface area contributed by atoms with Crippen molar-refractivity contribution in [3.05, 3.63) is 58.8 Å². The van der Waals surface area contributed by atoms with E-state index in [1.54, 1.807) is 18.3 Å². The van der Waals surface area contributed by atoms with Gasteiger partial charge in [0, 0.05) is 38.5 Å². The molecule has 1 amide bonds. The van der Waals surface area contributed by atoms with Gasteiger partial charge in [-0.3, -0.25) is 19.4 Å². The van der Waals surface area contributed by atoms with E-state index >= 15 is 0 Å². The minimum absolute atomic E-state index is 0.244. The van der Waals surface area contributed by atoms with Crippen molar-refractivity contribution in [2.45, 2.75) is 13.5 Å². The fraction of sp³-hybridized carbons (Fsp3) is 0.200. The average Bonchev–Trinajstić information content (AvgIpc) is 2.50. The Hall–Kier alpha value is -2.96. The Morgan fingerprint density at radius 2 is 2.14 bits per heavy atom. The Balaban J connectivity index is 1.95. The maximum absolute atomic E-state index is 11.8. The zero-order chi connectivity index (χ0) is 15.9. The van der Waals surface area contributed by atoms with E-state index in [0.717, 1.165) is 0 Å². The molecule has 2 heterocycles. The van der Waals surface area contributed by atoms with Gasteiger partial charge in [0.2, 0.25) is 0 Å². The molecule has 0 fully saturated rings. The summed E-state index contributed by atoms with van der Waals surface area (Å²) in [6.07, 6.45) is 4.47. The number of hydrogen-bond donors (Lipinski definition) is 1. The van der Waals surface area contributed by atoms with E-state index in [1.807, 2.05) is 0 Å². The van der Waals surface area contributed by atoms with Crippen molar-refractivity contribution in [3.8, 4) is 5.75 Å². The summed E-state index contributed by atoms with van der Waals surface area (Å²) in [4.78, 5) is 38.3. The van der Waals surface area contributed by atoms with Crippen LogP contribution in [0.15, 0.2) is 47.7 Å². The molecule has 2 aromatic rings. The van der Waals surface area contributed by atoms with Crippen molar-refractivity contribution >= 4 is 11.9 Å². The maximum atomic E-state index is 11.8. The number of carbonyl (C=O) groups is 2. The maximum Gasteiger partial charge on any atom is 0.308 e. The Bertz CT molecular complexity index is 725. The van der Waals surface area contributed by atoms with Gasteiger partial charge < -0.3 is 14.6 Å². The summed E-state index contributed by atoms with van der Waals surface area (Å²) in [5, 5.41) is 2.69. The highest BCUT2D eigenvalue weighted by molar-refractivity contribution is 5.93. The first-order valence-corrected chi connectivity index (χ1v) is 6.63. The van der Waals surface area contributed by atoms with Crippen LogP contribution in [-0.2, 0) is 11.3 Å². The average molecular weight is 301 g/mol. The van der Waals surface area contributed by atoms with Gasteiger partial charge in [-0.15, -0.1) is 0 Å². The molecular weight excluding hydrogens is 286 g/mol. The number of nitrogens with one attached hydrogen (secondary N) is 1. The van der Waals surface area contributed by atoms with Gasteiger partial charge in [0.1, 0.15) is 5.75 Å². The second kappa shape index (κ2) is 7.16. The molecule has 0 saturated heterocycles. The van der Waals surface area contributed by atoms with Crippen LogP contribution in [0.1, 0.15) is 17.3 Å². The standard InChI is InChI=1S/C15H15N3O4/c1-11(19)22-13-4-5-14(20)18(10-13)8-7-17-15(21)12-3-2-6-16-9-12/h2-6,9-10H,7-8H2,1H3,(H,17,21). The molecule has 114 valence electrons. The van der Waals surface area contributed by atoms with Gasteiger partial charge in [0.05, 0.1) is 11.8 Å². The molecule has 0 saturated carbocycles. The summed E-state index contributed by atoms with van der Waals surface area (Å²) in [7, 11) is 0. The normalized spacial score (nSPS) is 10.0. The third-order valence-electron chi connectivity index (χ3n) is 2.78. The van der Waals surface area contributed by atoms with Crippen LogP contribution in [0.4, 0.5) is 0 Å². The number of aromatic nitrogens is 2. The molecule has 7 nitrogen and oxygen atoms in total. The number of rotatable bonds is 5. The van der Waals surface area contributed by atoms with Gasteiger partial charge in [-0.2, -0.15) is 0 Å². The highest BCUT2D eigenvalue weighted by atomic mass is 16.5. The molecular formula is C15H15N3O4.